The molecule has 0 fully saturated rings. The third-order valence-corrected chi connectivity index (χ3v) is 2.73. The van der Waals surface area contributed by atoms with E-state index in [1.54, 1.807) is 13.2 Å². The average molecular weight is 280 g/mol. The normalized spacial score (nSPS) is 10.4. The van der Waals surface area contributed by atoms with Gasteiger partial charge in [0.15, 0.2) is 18.1 Å². The number of hydrogen-bond donors (Lipinski definition) is 2. The first kappa shape index (κ1) is 16.3. The first-order valence-electron chi connectivity index (χ1n) is 6.83. The van der Waals surface area contributed by atoms with Crippen LogP contribution >= 0.6 is 0 Å². The molecule has 0 saturated heterocycles. The molecule has 1 rings (SSSR count). The SMILES string of the molecule is COc1cc(CCN)ccc1OCC(=O)NCC(C)C. The van der Waals surface area contributed by atoms with Crippen molar-refractivity contribution in [1.82, 2.24) is 5.32 Å². The van der Waals surface area contributed by atoms with Gasteiger partial charge in [-0.2, -0.15) is 0 Å². The van der Waals surface area contributed by atoms with Crippen LogP contribution in [0, 0.1) is 5.92 Å². The van der Waals surface area contributed by atoms with Gasteiger partial charge in [-0.05, 0) is 36.6 Å². The summed E-state index contributed by atoms with van der Waals surface area (Å²) in [6.45, 7) is 5.30. The lowest BCUT2D eigenvalue weighted by molar-refractivity contribution is -0.123. The largest absolute Gasteiger partial charge is 0.493 e. The minimum absolute atomic E-state index is 0.0146. The molecule has 0 unspecified atom stereocenters. The molecule has 0 saturated carbocycles. The highest BCUT2D eigenvalue weighted by atomic mass is 16.5. The van der Waals surface area contributed by atoms with Crippen LogP contribution in [0.25, 0.3) is 0 Å². The molecule has 5 nitrogen and oxygen atoms in total. The Kier molecular flexibility index (Phi) is 6.87. The molecule has 0 heterocycles. The summed E-state index contributed by atoms with van der Waals surface area (Å²) in [6.07, 6.45) is 0.783. The molecule has 0 radical (unpaired) electrons. The molecule has 5 heteroatoms. The van der Waals surface area contributed by atoms with E-state index in [-0.39, 0.29) is 12.5 Å². The number of carbonyl (C=O) groups excluding carboxylic acids is 1. The Hall–Kier alpha value is -1.75. The van der Waals surface area contributed by atoms with Crippen LogP contribution in [0.5, 0.6) is 11.5 Å². The second kappa shape index (κ2) is 8.43. The second-order valence-corrected chi connectivity index (χ2v) is 5.01. The van der Waals surface area contributed by atoms with Gasteiger partial charge in [0.2, 0.25) is 0 Å². The van der Waals surface area contributed by atoms with Crippen molar-refractivity contribution in [3.63, 3.8) is 0 Å². The van der Waals surface area contributed by atoms with Gasteiger partial charge in [0, 0.05) is 6.54 Å². The van der Waals surface area contributed by atoms with E-state index in [0.29, 0.717) is 30.5 Å². The molecule has 0 aliphatic rings. The molecule has 1 aromatic rings. The van der Waals surface area contributed by atoms with E-state index in [0.717, 1.165) is 12.0 Å². The van der Waals surface area contributed by atoms with Crippen molar-refractivity contribution in [2.24, 2.45) is 11.7 Å². The number of ether oxygens (including phenoxy) is 2. The second-order valence-electron chi connectivity index (χ2n) is 5.01. The Morgan fingerprint density at radius 2 is 2.10 bits per heavy atom. The third-order valence-electron chi connectivity index (χ3n) is 2.73. The van der Waals surface area contributed by atoms with E-state index in [4.69, 9.17) is 15.2 Å². The number of hydrogen-bond acceptors (Lipinski definition) is 4. The molecule has 0 atom stereocenters. The Morgan fingerprint density at radius 1 is 1.35 bits per heavy atom. The van der Waals surface area contributed by atoms with Crippen LogP contribution in [-0.2, 0) is 11.2 Å². The lowest BCUT2D eigenvalue weighted by atomic mass is 10.1. The van der Waals surface area contributed by atoms with Crippen LogP contribution in [0.4, 0.5) is 0 Å². The Balaban J connectivity index is 2.56. The fourth-order valence-electron chi connectivity index (χ4n) is 1.67. The van der Waals surface area contributed by atoms with Crippen molar-refractivity contribution < 1.29 is 14.3 Å². The molecule has 0 spiro atoms. The maximum absolute atomic E-state index is 11.6. The zero-order valence-electron chi connectivity index (χ0n) is 12.4. The highest BCUT2D eigenvalue weighted by molar-refractivity contribution is 5.77. The number of benzene rings is 1. The van der Waals surface area contributed by atoms with E-state index in [1.165, 1.54) is 0 Å². The Bertz CT molecular complexity index is 433. The minimum Gasteiger partial charge on any atom is -0.493 e. The number of amides is 1. The van der Waals surface area contributed by atoms with E-state index < -0.39 is 0 Å². The summed E-state index contributed by atoms with van der Waals surface area (Å²) in [5.41, 5.74) is 6.61. The molecular formula is C15H24N2O3. The van der Waals surface area contributed by atoms with Gasteiger partial charge in [-0.25, -0.2) is 0 Å². The minimum atomic E-state index is -0.133. The monoisotopic (exact) mass is 280 g/mol. The van der Waals surface area contributed by atoms with Gasteiger partial charge < -0.3 is 20.5 Å². The first-order valence-corrected chi connectivity index (χ1v) is 6.83. The maximum Gasteiger partial charge on any atom is 0.257 e. The van der Waals surface area contributed by atoms with Gasteiger partial charge in [0.25, 0.3) is 5.91 Å². The predicted molar refractivity (Wildman–Crippen MR) is 79.1 cm³/mol. The highest BCUT2D eigenvalue weighted by Gasteiger charge is 2.08. The van der Waals surface area contributed by atoms with Gasteiger partial charge in [0.1, 0.15) is 0 Å². The van der Waals surface area contributed by atoms with Crippen molar-refractivity contribution >= 4 is 5.91 Å². The standard InChI is InChI=1S/C15H24N2O3/c1-11(2)9-17-15(18)10-20-13-5-4-12(6-7-16)8-14(13)19-3/h4-5,8,11H,6-7,9-10,16H2,1-3H3,(H,17,18). The molecule has 0 aliphatic carbocycles. The zero-order chi connectivity index (χ0) is 15.0. The van der Waals surface area contributed by atoms with Crippen LogP contribution in [0.2, 0.25) is 0 Å². The predicted octanol–water partition coefficient (Wildman–Crippen LogP) is 1.35. The summed E-state index contributed by atoms with van der Waals surface area (Å²) in [7, 11) is 1.58. The Morgan fingerprint density at radius 3 is 2.70 bits per heavy atom. The van der Waals surface area contributed by atoms with Crippen LogP contribution < -0.4 is 20.5 Å². The fourth-order valence-corrected chi connectivity index (χ4v) is 1.67. The summed E-state index contributed by atoms with van der Waals surface area (Å²) in [6, 6.07) is 5.62. The lowest BCUT2D eigenvalue weighted by Crippen LogP contribution is -2.31. The fraction of sp³-hybridized carbons (Fsp3) is 0.533. The van der Waals surface area contributed by atoms with E-state index >= 15 is 0 Å². The summed E-state index contributed by atoms with van der Waals surface area (Å²) >= 11 is 0. The molecule has 20 heavy (non-hydrogen) atoms. The van der Waals surface area contributed by atoms with Crippen molar-refractivity contribution in [2.75, 3.05) is 26.8 Å². The van der Waals surface area contributed by atoms with E-state index in [9.17, 15) is 4.79 Å². The van der Waals surface area contributed by atoms with Crippen molar-refractivity contribution in [3.8, 4) is 11.5 Å². The quantitative estimate of drug-likeness (QED) is 0.754. The number of methoxy groups -OCH3 is 1. The van der Waals surface area contributed by atoms with Gasteiger partial charge in [-0.1, -0.05) is 19.9 Å². The topological polar surface area (TPSA) is 73.6 Å². The molecule has 112 valence electrons. The highest BCUT2D eigenvalue weighted by Crippen LogP contribution is 2.28. The van der Waals surface area contributed by atoms with Gasteiger partial charge in [0.05, 0.1) is 7.11 Å². The van der Waals surface area contributed by atoms with E-state index in [2.05, 4.69) is 5.32 Å². The van der Waals surface area contributed by atoms with Crippen LogP contribution in [0.15, 0.2) is 18.2 Å². The molecule has 0 bridgehead atoms. The molecule has 0 aliphatic heterocycles. The molecule has 0 aromatic heterocycles. The molecular weight excluding hydrogens is 256 g/mol. The maximum atomic E-state index is 11.6. The summed E-state index contributed by atoms with van der Waals surface area (Å²) in [5, 5.41) is 2.80. The van der Waals surface area contributed by atoms with E-state index in [1.807, 2.05) is 26.0 Å². The van der Waals surface area contributed by atoms with Gasteiger partial charge in [-0.15, -0.1) is 0 Å². The zero-order valence-corrected chi connectivity index (χ0v) is 12.4. The lowest BCUT2D eigenvalue weighted by Gasteiger charge is -2.12. The first-order chi connectivity index (χ1) is 9.56. The molecule has 1 aromatic carbocycles. The number of carbonyl (C=O) groups is 1. The number of nitrogens with one attached hydrogen (secondary N) is 1. The number of nitrogens with two attached hydrogens (primary N) is 1. The van der Waals surface area contributed by atoms with Gasteiger partial charge >= 0.3 is 0 Å². The molecule has 1 amide bonds. The van der Waals surface area contributed by atoms with Crippen LogP contribution in [-0.4, -0.2) is 32.7 Å². The third kappa shape index (κ3) is 5.48. The van der Waals surface area contributed by atoms with Crippen molar-refractivity contribution in [2.45, 2.75) is 20.3 Å². The number of rotatable bonds is 8. The van der Waals surface area contributed by atoms with Crippen molar-refractivity contribution in [3.05, 3.63) is 23.8 Å². The average Bonchev–Trinajstić information content (AvgIpc) is 2.43. The van der Waals surface area contributed by atoms with Gasteiger partial charge in [-0.3, -0.25) is 4.79 Å². The Labute approximate surface area is 120 Å². The molecule has 3 N–H and O–H groups in total. The smallest absolute Gasteiger partial charge is 0.257 e. The van der Waals surface area contributed by atoms with Crippen LogP contribution in [0.1, 0.15) is 19.4 Å². The van der Waals surface area contributed by atoms with Crippen molar-refractivity contribution in [1.29, 1.82) is 0 Å². The van der Waals surface area contributed by atoms with Crippen LogP contribution in [0.3, 0.4) is 0 Å². The summed E-state index contributed by atoms with van der Waals surface area (Å²) in [4.78, 5) is 11.6. The summed E-state index contributed by atoms with van der Waals surface area (Å²) in [5.74, 6) is 1.47. The summed E-state index contributed by atoms with van der Waals surface area (Å²) < 4.78 is 10.8.